The van der Waals surface area contributed by atoms with Crippen molar-refractivity contribution in [1.29, 1.82) is 0 Å². The van der Waals surface area contributed by atoms with Crippen molar-refractivity contribution in [3.05, 3.63) is 16.8 Å². The van der Waals surface area contributed by atoms with E-state index in [1.54, 1.807) is 11.3 Å². The largest absolute Gasteiger partial charge is 0.469 e. The SMILES string of the molecule is CC(C)(C)C(=O)COc1ncnc2sc3c(c12)CCC3. The molecular weight excluding hydrogens is 272 g/mol. The number of carbonyl (C=O) groups excluding carboxylic acids is 1. The Balaban J connectivity index is 1.90. The minimum atomic E-state index is -0.386. The summed E-state index contributed by atoms with van der Waals surface area (Å²) in [5, 5.41) is 1.02. The van der Waals surface area contributed by atoms with Crippen molar-refractivity contribution in [2.45, 2.75) is 40.0 Å². The quantitative estimate of drug-likeness (QED) is 0.871. The Hall–Kier alpha value is -1.49. The van der Waals surface area contributed by atoms with Crippen LogP contribution >= 0.6 is 11.3 Å². The van der Waals surface area contributed by atoms with Gasteiger partial charge in [0.2, 0.25) is 5.88 Å². The van der Waals surface area contributed by atoms with Gasteiger partial charge in [-0.1, -0.05) is 20.8 Å². The van der Waals surface area contributed by atoms with Crippen molar-refractivity contribution in [1.82, 2.24) is 9.97 Å². The molecule has 5 heteroatoms. The van der Waals surface area contributed by atoms with Gasteiger partial charge in [0.1, 0.15) is 17.8 Å². The first kappa shape index (κ1) is 13.5. The van der Waals surface area contributed by atoms with Gasteiger partial charge in [0.15, 0.2) is 5.78 Å². The average Bonchev–Trinajstić information content (AvgIpc) is 2.94. The van der Waals surface area contributed by atoms with Crippen molar-refractivity contribution < 1.29 is 9.53 Å². The monoisotopic (exact) mass is 290 g/mol. The van der Waals surface area contributed by atoms with Gasteiger partial charge in [-0.3, -0.25) is 4.79 Å². The van der Waals surface area contributed by atoms with Gasteiger partial charge in [-0.15, -0.1) is 11.3 Å². The molecule has 2 aromatic heterocycles. The molecule has 0 saturated carbocycles. The Labute approximate surface area is 122 Å². The average molecular weight is 290 g/mol. The number of thiophene rings is 1. The lowest BCUT2D eigenvalue weighted by atomic mass is 9.91. The number of ether oxygens (including phenoxy) is 1. The third-order valence-corrected chi connectivity index (χ3v) is 4.84. The van der Waals surface area contributed by atoms with Gasteiger partial charge in [-0.25, -0.2) is 9.97 Å². The third-order valence-electron chi connectivity index (χ3n) is 3.64. The van der Waals surface area contributed by atoms with Crippen molar-refractivity contribution in [2.24, 2.45) is 5.41 Å². The number of hydrogen-bond acceptors (Lipinski definition) is 5. The summed E-state index contributed by atoms with van der Waals surface area (Å²) in [5.74, 6) is 0.642. The lowest BCUT2D eigenvalue weighted by molar-refractivity contribution is -0.128. The van der Waals surface area contributed by atoms with E-state index >= 15 is 0 Å². The number of Topliss-reactive ketones (excluding diaryl/α,β-unsaturated/α-hetero) is 1. The molecule has 0 fully saturated rings. The van der Waals surface area contributed by atoms with Gasteiger partial charge in [-0.05, 0) is 24.8 Å². The zero-order valence-corrected chi connectivity index (χ0v) is 12.8. The highest BCUT2D eigenvalue weighted by molar-refractivity contribution is 7.18. The number of carbonyl (C=O) groups is 1. The molecule has 3 rings (SSSR count). The Morgan fingerprint density at radius 2 is 2.15 bits per heavy atom. The van der Waals surface area contributed by atoms with E-state index in [0.29, 0.717) is 5.88 Å². The molecule has 1 aliphatic carbocycles. The fourth-order valence-corrected chi connectivity index (χ4v) is 3.58. The van der Waals surface area contributed by atoms with E-state index in [4.69, 9.17) is 4.74 Å². The molecular formula is C15H18N2O2S. The maximum absolute atomic E-state index is 12.0. The molecule has 2 heterocycles. The van der Waals surface area contributed by atoms with Crippen molar-refractivity contribution in [2.75, 3.05) is 6.61 Å². The standard InChI is InChI=1S/C15H18N2O2S/c1-15(2,3)11(18)7-19-13-12-9-5-4-6-10(9)20-14(12)17-8-16-13/h8H,4-7H2,1-3H3. The fraction of sp³-hybridized carbons (Fsp3) is 0.533. The van der Waals surface area contributed by atoms with Crippen LogP contribution in [-0.4, -0.2) is 22.4 Å². The van der Waals surface area contributed by atoms with Crippen LogP contribution in [0.2, 0.25) is 0 Å². The molecule has 4 nitrogen and oxygen atoms in total. The normalized spacial score (nSPS) is 14.6. The molecule has 0 saturated heterocycles. The number of aromatic nitrogens is 2. The van der Waals surface area contributed by atoms with Crippen molar-refractivity contribution in [3.63, 3.8) is 0 Å². The van der Waals surface area contributed by atoms with E-state index in [0.717, 1.165) is 23.1 Å². The first-order chi connectivity index (χ1) is 9.47. The Bertz CT molecular complexity index is 670. The Morgan fingerprint density at radius 3 is 2.90 bits per heavy atom. The van der Waals surface area contributed by atoms with E-state index in [1.165, 1.54) is 23.2 Å². The second-order valence-electron chi connectivity index (χ2n) is 6.18. The number of aryl methyl sites for hydroxylation is 2. The molecule has 0 spiro atoms. The van der Waals surface area contributed by atoms with Crippen LogP contribution in [0.4, 0.5) is 0 Å². The van der Waals surface area contributed by atoms with E-state index in [9.17, 15) is 4.79 Å². The highest BCUT2D eigenvalue weighted by Crippen LogP contribution is 2.39. The smallest absolute Gasteiger partial charge is 0.226 e. The molecule has 2 aromatic rings. The maximum atomic E-state index is 12.0. The summed E-state index contributed by atoms with van der Waals surface area (Å²) >= 11 is 1.72. The highest BCUT2D eigenvalue weighted by Gasteiger charge is 2.24. The van der Waals surface area contributed by atoms with E-state index in [-0.39, 0.29) is 17.8 Å². The maximum Gasteiger partial charge on any atom is 0.226 e. The van der Waals surface area contributed by atoms with Crippen LogP contribution in [0.1, 0.15) is 37.6 Å². The predicted molar refractivity (Wildman–Crippen MR) is 79.4 cm³/mol. The molecule has 106 valence electrons. The minimum absolute atomic E-state index is 0.0697. The van der Waals surface area contributed by atoms with Crippen LogP contribution in [0.15, 0.2) is 6.33 Å². The predicted octanol–water partition coefficient (Wildman–Crippen LogP) is 3.17. The molecule has 0 bridgehead atoms. The first-order valence-corrected chi connectivity index (χ1v) is 7.70. The summed E-state index contributed by atoms with van der Waals surface area (Å²) in [4.78, 5) is 22.9. The second-order valence-corrected chi connectivity index (χ2v) is 7.26. The van der Waals surface area contributed by atoms with Crippen LogP contribution in [0, 0.1) is 5.41 Å². The molecule has 0 N–H and O–H groups in total. The molecule has 20 heavy (non-hydrogen) atoms. The van der Waals surface area contributed by atoms with Gasteiger partial charge in [0.25, 0.3) is 0 Å². The van der Waals surface area contributed by atoms with E-state index in [2.05, 4.69) is 9.97 Å². The Morgan fingerprint density at radius 1 is 1.35 bits per heavy atom. The molecule has 0 atom stereocenters. The van der Waals surface area contributed by atoms with Crippen LogP contribution in [0.25, 0.3) is 10.2 Å². The Kier molecular flexibility index (Phi) is 3.24. The first-order valence-electron chi connectivity index (χ1n) is 6.88. The van der Waals surface area contributed by atoms with E-state index in [1.807, 2.05) is 20.8 Å². The number of ketones is 1. The summed E-state index contributed by atoms with van der Waals surface area (Å²) in [6.07, 6.45) is 4.89. The second kappa shape index (κ2) is 4.81. The van der Waals surface area contributed by atoms with Gasteiger partial charge in [-0.2, -0.15) is 0 Å². The van der Waals surface area contributed by atoms with E-state index < -0.39 is 0 Å². The number of fused-ring (bicyclic) bond motifs is 3. The number of hydrogen-bond donors (Lipinski definition) is 0. The lowest BCUT2D eigenvalue weighted by Gasteiger charge is -2.16. The molecule has 0 amide bonds. The molecule has 0 aromatic carbocycles. The zero-order valence-electron chi connectivity index (χ0n) is 12.0. The van der Waals surface area contributed by atoms with Gasteiger partial charge in [0.05, 0.1) is 5.39 Å². The number of rotatable bonds is 3. The van der Waals surface area contributed by atoms with Crippen molar-refractivity contribution >= 4 is 27.3 Å². The molecule has 0 aliphatic heterocycles. The fourth-order valence-electron chi connectivity index (χ4n) is 2.36. The van der Waals surface area contributed by atoms with Crippen molar-refractivity contribution in [3.8, 4) is 5.88 Å². The third kappa shape index (κ3) is 2.30. The highest BCUT2D eigenvalue weighted by atomic mass is 32.1. The summed E-state index contributed by atoms with van der Waals surface area (Å²) in [6, 6.07) is 0. The van der Waals surface area contributed by atoms with Crippen LogP contribution in [0.5, 0.6) is 5.88 Å². The zero-order chi connectivity index (χ0) is 14.3. The molecule has 1 aliphatic rings. The molecule has 0 radical (unpaired) electrons. The van der Waals surface area contributed by atoms with Crippen LogP contribution in [-0.2, 0) is 17.6 Å². The van der Waals surface area contributed by atoms with Gasteiger partial charge in [0, 0.05) is 10.3 Å². The lowest BCUT2D eigenvalue weighted by Crippen LogP contribution is -2.26. The summed E-state index contributed by atoms with van der Waals surface area (Å²) in [5.41, 5.74) is 0.937. The summed E-state index contributed by atoms with van der Waals surface area (Å²) in [7, 11) is 0. The van der Waals surface area contributed by atoms with Gasteiger partial charge < -0.3 is 4.74 Å². The minimum Gasteiger partial charge on any atom is -0.469 e. The topological polar surface area (TPSA) is 52.1 Å². The van der Waals surface area contributed by atoms with Gasteiger partial charge >= 0.3 is 0 Å². The number of nitrogens with zero attached hydrogens (tertiary/aromatic N) is 2. The van der Waals surface area contributed by atoms with Crippen LogP contribution < -0.4 is 4.74 Å². The summed E-state index contributed by atoms with van der Waals surface area (Å²) in [6.45, 7) is 5.77. The summed E-state index contributed by atoms with van der Waals surface area (Å²) < 4.78 is 5.70. The van der Waals surface area contributed by atoms with Crippen LogP contribution in [0.3, 0.4) is 0 Å². The molecule has 0 unspecified atom stereocenters.